The molecule has 2 aromatic rings. The lowest BCUT2D eigenvalue weighted by Crippen LogP contribution is -2.48. The van der Waals surface area contributed by atoms with Crippen LogP contribution in [0.3, 0.4) is 0 Å². The summed E-state index contributed by atoms with van der Waals surface area (Å²) in [5.74, 6) is 0.876. The Hall–Kier alpha value is -1.86. The van der Waals surface area contributed by atoms with Crippen molar-refractivity contribution in [1.29, 1.82) is 0 Å². The van der Waals surface area contributed by atoms with Gasteiger partial charge in [0.15, 0.2) is 0 Å². The molecule has 0 radical (unpaired) electrons. The third-order valence-corrected chi connectivity index (χ3v) is 6.78. The maximum Gasteiger partial charge on any atom is 0.231 e. The number of carbonyl (C=O) groups is 1. The average Bonchev–Trinajstić information content (AvgIpc) is 2.77. The zero-order chi connectivity index (χ0) is 22.7. The van der Waals surface area contributed by atoms with E-state index in [1.165, 1.54) is 0 Å². The number of nitrogens with zero attached hydrogens (tertiary/aromatic N) is 2. The summed E-state index contributed by atoms with van der Waals surface area (Å²) in [5.41, 5.74) is 1.02. The predicted octanol–water partition coefficient (Wildman–Crippen LogP) is 4.37. The largest absolute Gasteiger partial charge is 0.381 e. The minimum atomic E-state index is -0.729. The van der Waals surface area contributed by atoms with Crippen molar-refractivity contribution in [1.82, 2.24) is 10.3 Å². The number of halogens is 2. The summed E-state index contributed by atoms with van der Waals surface area (Å²) in [6, 6.07) is 9.35. The van der Waals surface area contributed by atoms with Crippen molar-refractivity contribution in [2.24, 2.45) is 0 Å². The number of morpholine rings is 1. The number of carbonyl (C=O) groups excluding carboxylic acids is 1. The van der Waals surface area contributed by atoms with Crippen molar-refractivity contribution < 1.29 is 14.3 Å². The van der Waals surface area contributed by atoms with Crippen LogP contribution < -0.4 is 10.2 Å². The Kier molecular flexibility index (Phi) is 7.25. The van der Waals surface area contributed by atoms with E-state index in [4.69, 9.17) is 32.7 Å². The number of ether oxygens (including phenoxy) is 2. The SMILES string of the molecule is CC1CN(c2ccc(CNC(=O)C3(c4ccc(Cl)cc4Cl)CCOCC3)cn2)CC(C)O1. The third-order valence-electron chi connectivity index (χ3n) is 6.23. The summed E-state index contributed by atoms with van der Waals surface area (Å²) < 4.78 is 11.3. The highest BCUT2D eigenvalue weighted by atomic mass is 35.5. The van der Waals surface area contributed by atoms with Gasteiger partial charge < -0.3 is 19.7 Å². The zero-order valence-electron chi connectivity index (χ0n) is 18.4. The molecule has 2 aliphatic heterocycles. The molecule has 2 aliphatic rings. The maximum absolute atomic E-state index is 13.4. The normalized spacial score (nSPS) is 23.1. The topological polar surface area (TPSA) is 63.7 Å². The quantitative estimate of drug-likeness (QED) is 0.692. The van der Waals surface area contributed by atoms with Gasteiger partial charge in [-0.15, -0.1) is 0 Å². The molecule has 8 heteroatoms. The number of amides is 1. The Balaban J connectivity index is 1.45. The Bertz CT molecular complexity index is 938. The van der Waals surface area contributed by atoms with E-state index < -0.39 is 5.41 Å². The van der Waals surface area contributed by atoms with Crippen LogP contribution in [0.1, 0.15) is 37.8 Å². The van der Waals surface area contributed by atoms with Gasteiger partial charge in [0.05, 0.1) is 17.6 Å². The van der Waals surface area contributed by atoms with Gasteiger partial charge in [0.25, 0.3) is 0 Å². The van der Waals surface area contributed by atoms with Crippen LogP contribution in [0.4, 0.5) is 5.82 Å². The molecule has 0 aliphatic carbocycles. The number of hydrogen-bond donors (Lipinski definition) is 1. The van der Waals surface area contributed by atoms with E-state index in [0.29, 0.717) is 42.6 Å². The van der Waals surface area contributed by atoms with Gasteiger partial charge in [0.1, 0.15) is 5.82 Å². The van der Waals surface area contributed by atoms with Gasteiger partial charge in [-0.2, -0.15) is 0 Å². The van der Waals surface area contributed by atoms with Gasteiger partial charge in [-0.05, 0) is 56.0 Å². The highest BCUT2D eigenvalue weighted by Crippen LogP contribution is 2.40. The third kappa shape index (κ3) is 5.04. The molecule has 3 heterocycles. The monoisotopic (exact) mass is 477 g/mol. The van der Waals surface area contributed by atoms with E-state index >= 15 is 0 Å². The van der Waals surface area contributed by atoms with Gasteiger partial charge in [-0.1, -0.05) is 35.3 Å². The van der Waals surface area contributed by atoms with Crippen LogP contribution in [0.2, 0.25) is 10.0 Å². The molecule has 2 atom stereocenters. The van der Waals surface area contributed by atoms with E-state index in [0.717, 1.165) is 30.0 Å². The predicted molar refractivity (Wildman–Crippen MR) is 126 cm³/mol. The molecule has 1 aromatic carbocycles. The summed E-state index contributed by atoms with van der Waals surface area (Å²) >= 11 is 12.6. The van der Waals surface area contributed by atoms with Gasteiger partial charge in [0.2, 0.25) is 5.91 Å². The fraction of sp³-hybridized carbons (Fsp3) is 0.500. The summed E-state index contributed by atoms with van der Waals surface area (Å²) in [7, 11) is 0. The first-order valence-electron chi connectivity index (χ1n) is 11.0. The first-order chi connectivity index (χ1) is 15.4. The molecule has 2 fully saturated rings. The molecular weight excluding hydrogens is 449 g/mol. The number of nitrogens with one attached hydrogen (secondary N) is 1. The van der Waals surface area contributed by atoms with Crippen molar-refractivity contribution >= 4 is 34.9 Å². The fourth-order valence-electron chi connectivity index (χ4n) is 4.64. The lowest BCUT2D eigenvalue weighted by atomic mass is 9.73. The van der Waals surface area contributed by atoms with E-state index in [-0.39, 0.29) is 18.1 Å². The van der Waals surface area contributed by atoms with E-state index in [1.54, 1.807) is 12.1 Å². The minimum Gasteiger partial charge on any atom is -0.381 e. The van der Waals surface area contributed by atoms with E-state index in [1.807, 2.05) is 24.4 Å². The maximum atomic E-state index is 13.4. The zero-order valence-corrected chi connectivity index (χ0v) is 20.0. The van der Waals surface area contributed by atoms with Gasteiger partial charge in [-0.25, -0.2) is 4.98 Å². The van der Waals surface area contributed by atoms with Gasteiger partial charge >= 0.3 is 0 Å². The number of benzene rings is 1. The van der Waals surface area contributed by atoms with Crippen LogP contribution in [-0.4, -0.2) is 49.4 Å². The van der Waals surface area contributed by atoms with E-state index in [9.17, 15) is 4.79 Å². The van der Waals surface area contributed by atoms with Gasteiger partial charge in [0, 0.05) is 49.1 Å². The molecule has 32 heavy (non-hydrogen) atoms. The van der Waals surface area contributed by atoms with Crippen LogP contribution in [0.15, 0.2) is 36.5 Å². The first kappa shape index (κ1) is 23.3. The Morgan fingerprint density at radius 2 is 1.88 bits per heavy atom. The molecule has 0 bridgehead atoms. The minimum absolute atomic E-state index is 0.0510. The first-order valence-corrected chi connectivity index (χ1v) is 11.8. The van der Waals surface area contributed by atoms with E-state index in [2.05, 4.69) is 29.0 Å². The standard InChI is InChI=1S/C24H29Cl2N3O3/c1-16-14-29(15-17(2)32-16)22-6-3-18(12-27-22)13-28-23(30)24(7-9-31-10-8-24)20-5-4-19(25)11-21(20)26/h3-6,11-12,16-17H,7-10,13-15H2,1-2H3,(H,28,30). The van der Waals surface area contributed by atoms with Crippen LogP contribution in [-0.2, 0) is 26.2 Å². The molecule has 0 saturated carbocycles. The summed E-state index contributed by atoms with van der Waals surface area (Å²) in [4.78, 5) is 20.3. The second kappa shape index (κ2) is 9.96. The van der Waals surface area contributed by atoms with Crippen LogP contribution in [0.5, 0.6) is 0 Å². The molecule has 1 aromatic heterocycles. The average molecular weight is 478 g/mol. The number of aromatic nitrogens is 1. The van der Waals surface area contributed by atoms with Crippen molar-refractivity contribution in [2.45, 2.75) is 50.9 Å². The van der Waals surface area contributed by atoms with Crippen LogP contribution in [0.25, 0.3) is 0 Å². The molecule has 172 valence electrons. The smallest absolute Gasteiger partial charge is 0.231 e. The lowest BCUT2D eigenvalue weighted by molar-refractivity contribution is -0.130. The molecule has 4 rings (SSSR count). The lowest BCUT2D eigenvalue weighted by Gasteiger charge is -2.37. The molecule has 0 spiro atoms. The van der Waals surface area contributed by atoms with Crippen LogP contribution in [0, 0.1) is 0 Å². The van der Waals surface area contributed by atoms with Crippen LogP contribution >= 0.6 is 23.2 Å². The molecule has 1 N–H and O–H groups in total. The number of pyridine rings is 1. The summed E-state index contributed by atoms with van der Waals surface area (Å²) in [6.45, 7) is 7.21. The number of hydrogen-bond acceptors (Lipinski definition) is 5. The summed E-state index contributed by atoms with van der Waals surface area (Å²) in [6.07, 6.45) is 3.33. The number of rotatable bonds is 5. The summed E-state index contributed by atoms with van der Waals surface area (Å²) in [5, 5.41) is 4.16. The highest BCUT2D eigenvalue weighted by Gasteiger charge is 2.43. The Morgan fingerprint density at radius 1 is 1.16 bits per heavy atom. The highest BCUT2D eigenvalue weighted by molar-refractivity contribution is 6.35. The second-order valence-electron chi connectivity index (χ2n) is 8.69. The molecule has 6 nitrogen and oxygen atoms in total. The molecule has 1 amide bonds. The van der Waals surface area contributed by atoms with Crippen molar-refractivity contribution in [3.8, 4) is 0 Å². The molecular formula is C24H29Cl2N3O3. The Labute approximate surface area is 199 Å². The molecule has 2 saturated heterocycles. The fourth-order valence-corrected chi connectivity index (χ4v) is 5.23. The van der Waals surface area contributed by atoms with Gasteiger partial charge in [-0.3, -0.25) is 4.79 Å². The van der Waals surface area contributed by atoms with Crippen molar-refractivity contribution in [2.75, 3.05) is 31.2 Å². The van der Waals surface area contributed by atoms with Crippen molar-refractivity contribution in [3.63, 3.8) is 0 Å². The molecule has 2 unspecified atom stereocenters. The second-order valence-corrected chi connectivity index (χ2v) is 9.53. The Morgan fingerprint density at radius 3 is 2.50 bits per heavy atom. The van der Waals surface area contributed by atoms with Crippen molar-refractivity contribution in [3.05, 3.63) is 57.7 Å². The number of anilines is 1.